The zero-order valence-corrected chi connectivity index (χ0v) is 8.34. The summed E-state index contributed by atoms with van der Waals surface area (Å²) < 4.78 is 0. The van der Waals surface area contributed by atoms with Gasteiger partial charge in [-0.2, -0.15) is 0 Å². The molecule has 1 aromatic heterocycles. The Kier molecular flexibility index (Phi) is 3.36. The van der Waals surface area contributed by atoms with Crippen LogP contribution >= 0.6 is 27.3 Å². The van der Waals surface area contributed by atoms with Crippen molar-refractivity contribution in [1.29, 1.82) is 0 Å². The van der Waals surface area contributed by atoms with Crippen molar-refractivity contribution >= 4 is 38.3 Å². The molecule has 1 aromatic rings. The summed E-state index contributed by atoms with van der Waals surface area (Å²) in [5.41, 5.74) is 0. The first-order chi connectivity index (χ1) is 5.74. The lowest BCUT2D eigenvalue weighted by Gasteiger charge is -1.78. The number of alkyl halides is 1. The summed E-state index contributed by atoms with van der Waals surface area (Å²) in [5, 5.41) is 11.7. The highest BCUT2D eigenvalue weighted by atomic mass is 79.9. The van der Waals surface area contributed by atoms with E-state index in [1.807, 2.05) is 6.08 Å². The van der Waals surface area contributed by atoms with E-state index < -0.39 is 4.92 Å². The molecule has 0 saturated carbocycles. The average Bonchev–Trinajstić information content (AvgIpc) is 2.48. The minimum atomic E-state index is -0.441. The predicted octanol–water partition coefficient (Wildman–Crippen LogP) is 2.46. The SMILES string of the molecule is O=[N+]([O-])c1cnc(C=CCBr)s1. The number of rotatable bonds is 3. The van der Waals surface area contributed by atoms with Crippen molar-refractivity contribution in [2.24, 2.45) is 0 Å². The van der Waals surface area contributed by atoms with E-state index in [9.17, 15) is 10.1 Å². The second kappa shape index (κ2) is 4.32. The third kappa shape index (κ3) is 2.38. The van der Waals surface area contributed by atoms with Gasteiger partial charge in [-0.1, -0.05) is 22.0 Å². The smallest absolute Gasteiger partial charge is 0.257 e. The second-order valence-electron chi connectivity index (χ2n) is 1.85. The number of hydrogen-bond acceptors (Lipinski definition) is 4. The van der Waals surface area contributed by atoms with Crippen molar-refractivity contribution in [3.05, 3.63) is 27.4 Å². The van der Waals surface area contributed by atoms with Crippen molar-refractivity contribution in [3.63, 3.8) is 0 Å². The number of hydrogen-bond donors (Lipinski definition) is 0. The maximum absolute atomic E-state index is 10.2. The molecule has 1 rings (SSSR count). The predicted molar refractivity (Wildman–Crippen MR) is 51.6 cm³/mol. The molecular weight excluding hydrogens is 244 g/mol. The molecule has 0 saturated heterocycles. The fourth-order valence-electron chi connectivity index (χ4n) is 0.586. The van der Waals surface area contributed by atoms with Gasteiger partial charge in [0.25, 0.3) is 0 Å². The Balaban J connectivity index is 2.77. The van der Waals surface area contributed by atoms with Gasteiger partial charge in [0.05, 0.1) is 4.92 Å². The average molecular weight is 249 g/mol. The van der Waals surface area contributed by atoms with E-state index in [2.05, 4.69) is 20.9 Å². The first-order valence-corrected chi connectivity index (χ1v) is 5.00. The molecule has 64 valence electrons. The molecule has 0 spiro atoms. The molecule has 0 bridgehead atoms. The minimum Gasteiger partial charge on any atom is -0.257 e. The van der Waals surface area contributed by atoms with Crippen LogP contribution in [-0.4, -0.2) is 15.2 Å². The third-order valence-electron chi connectivity index (χ3n) is 1.04. The van der Waals surface area contributed by atoms with Gasteiger partial charge in [-0.3, -0.25) is 10.1 Å². The zero-order chi connectivity index (χ0) is 8.97. The molecule has 0 amide bonds. The number of thiazole rings is 1. The topological polar surface area (TPSA) is 56.0 Å². The van der Waals surface area contributed by atoms with Gasteiger partial charge >= 0.3 is 5.00 Å². The number of allylic oxidation sites excluding steroid dienone is 1. The molecule has 0 aliphatic heterocycles. The van der Waals surface area contributed by atoms with Gasteiger partial charge in [0.1, 0.15) is 11.2 Å². The van der Waals surface area contributed by atoms with Crippen LogP contribution in [0.25, 0.3) is 6.08 Å². The van der Waals surface area contributed by atoms with Gasteiger partial charge in [-0.25, -0.2) is 4.98 Å². The van der Waals surface area contributed by atoms with E-state index in [4.69, 9.17) is 0 Å². The molecule has 6 heteroatoms. The van der Waals surface area contributed by atoms with Crippen molar-refractivity contribution in [3.8, 4) is 0 Å². The lowest BCUT2D eigenvalue weighted by molar-refractivity contribution is -0.380. The van der Waals surface area contributed by atoms with E-state index in [1.165, 1.54) is 6.20 Å². The van der Waals surface area contributed by atoms with Gasteiger partial charge in [-0.05, 0) is 17.4 Å². The molecule has 0 atom stereocenters. The lowest BCUT2D eigenvalue weighted by Crippen LogP contribution is -1.80. The summed E-state index contributed by atoms with van der Waals surface area (Å²) in [4.78, 5) is 13.6. The number of nitrogens with zero attached hydrogens (tertiary/aromatic N) is 2. The highest BCUT2D eigenvalue weighted by Crippen LogP contribution is 2.21. The van der Waals surface area contributed by atoms with E-state index in [-0.39, 0.29) is 5.00 Å². The summed E-state index contributed by atoms with van der Waals surface area (Å²) in [5.74, 6) is 0. The molecule has 0 N–H and O–H groups in total. The van der Waals surface area contributed by atoms with Crippen LogP contribution in [0.15, 0.2) is 12.3 Å². The fourth-order valence-corrected chi connectivity index (χ4v) is 1.44. The van der Waals surface area contributed by atoms with Gasteiger partial charge in [0.15, 0.2) is 0 Å². The molecule has 0 aromatic carbocycles. The van der Waals surface area contributed by atoms with Crippen molar-refractivity contribution in [1.82, 2.24) is 4.98 Å². The summed E-state index contributed by atoms with van der Waals surface area (Å²) in [6.07, 6.45) is 4.84. The van der Waals surface area contributed by atoms with Gasteiger partial charge in [0.2, 0.25) is 0 Å². The molecule has 0 fully saturated rings. The highest BCUT2D eigenvalue weighted by molar-refractivity contribution is 9.09. The molecule has 0 unspecified atom stereocenters. The van der Waals surface area contributed by atoms with E-state index in [1.54, 1.807) is 6.08 Å². The molecule has 0 radical (unpaired) electrons. The zero-order valence-electron chi connectivity index (χ0n) is 5.94. The quantitative estimate of drug-likeness (QED) is 0.469. The molecule has 0 aliphatic carbocycles. The Hall–Kier alpha value is -0.750. The van der Waals surface area contributed by atoms with Crippen molar-refractivity contribution in [2.45, 2.75) is 0 Å². The molecule has 12 heavy (non-hydrogen) atoms. The Morgan fingerprint density at radius 1 is 1.83 bits per heavy atom. The first-order valence-electron chi connectivity index (χ1n) is 3.07. The lowest BCUT2D eigenvalue weighted by atomic mass is 10.5. The van der Waals surface area contributed by atoms with Crippen LogP contribution < -0.4 is 0 Å². The summed E-state index contributed by atoms with van der Waals surface area (Å²) in [6, 6.07) is 0. The second-order valence-corrected chi connectivity index (χ2v) is 3.54. The highest BCUT2D eigenvalue weighted by Gasteiger charge is 2.08. The van der Waals surface area contributed by atoms with Crippen LogP contribution in [-0.2, 0) is 0 Å². The maximum Gasteiger partial charge on any atom is 0.344 e. The normalized spacial score (nSPS) is 10.8. The summed E-state index contributed by atoms with van der Waals surface area (Å²) in [7, 11) is 0. The van der Waals surface area contributed by atoms with Crippen LogP contribution in [0.1, 0.15) is 5.01 Å². The number of aromatic nitrogens is 1. The van der Waals surface area contributed by atoms with E-state index in [0.717, 1.165) is 16.7 Å². The van der Waals surface area contributed by atoms with Gasteiger partial charge < -0.3 is 0 Å². The molecular formula is C6H5BrN2O2S. The van der Waals surface area contributed by atoms with Gasteiger partial charge in [0, 0.05) is 5.33 Å². The molecule has 1 heterocycles. The summed E-state index contributed by atoms with van der Waals surface area (Å²) in [6.45, 7) is 0. The van der Waals surface area contributed by atoms with Crippen LogP contribution in [0.4, 0.5) is 5.00 Å². The Morgan fingerprint density at radius 2 is 2.58 bits per heavy atom. The Morgan fingerprint density at radius 3 is 3.08 bits per heavy atom. The Labute approximate surface area is 81.2 Å². The number of nitro groups is 1. The fraction of sp³-hybridized carbons (Fsp3) is 0.167. The van der Waals surface area contributed by atoms with Crippen LogP contribution in [0.2, 0.25) is 0 Å². The van der Waals surface area contributed by atoms with Crippen LogP contribution in [0.3, 0.4) is 0 Å². The monoisotopic (exact) mass is 248 g/mol. The largest absolute Gasteiger partial charge is 0.344 e. The maximum atomic E-state index is 10.2. The molecule has 4 nitrogen and oxygen atoms in total. The first kappa shape index (κ1) is 9.34. The summed E-state index contributed by atoms with van der Waals surface area (Å²) >= 11 is 4.26. The standard InChI is InChI=1S/C6H5BrN2O2S/c7-3-1-2-5-8-4-6(12-5)9(10)11/h1-2,4H,3H2. The van der Waals surface area contributed by atoms with Crippen molar-refractivity contribution in [2.75, 3.05) is 5.33 Å². The van der Waals surface area contributed by atoms with E-state index >= 15 is 0 Å². The minimum absolute atomic E-state index is 0.0734. The van der Waals surface area contributed by atoms with Crippen molar-refractivity contribution < 1.29 is 4.92 Å². The van der Waals surface area contributed by atoms with Gasteiger partial charge in [-0.15, -0.1) is 0 Å². The molecule has 0 aliphatic rings. The number of halogens is 1. The Bertz CT molecular complexity index is 310. The third-order valence-corrected chi connectivity index (χ3v) is 2.33. The van der Waals surface area contributed by atoms with E-state index in [0.29, 0.717) is 5.01 Å². The van der Waals surface area contributed by atoms with Crippen LogP contribution in [0.5, 0.6) is 0 Å². The van der Waals surface area contributed by atoms with Crippen LogP contribution in [0, 0.1) is 10.1 Å².